The van der Waals surface area contributed by atoms with Gasteiger partial charge in [0.05, 0.1) is 23.2 Å². The first-order valence-corrected chi connectivity index (χ1v) is 10.3. The molecule has 1 aliphatic rings. The summed E-state index contributed by atoms with van der Waals surface area (Å²) < 4.78 is 0. The number of aromatic nitrogens is 2. The van der Waals surface area contributed by atoms with Crippen LogP contribution in [0.15, 0.2) is 30.5 Å². The largest absolute Gasteiger partial charge is 0.340 e. The number of amides is 1. The number of aryl methyl sites for hydroxylation is 1. The summed E-state index contributed by atoms with van der Waals surface area (Å²) in [4.78, 5) is 23.0. The lowest BCUT2D eigenvalue weighted by Crippen LogP contribution is -2.39. The summed E-state index contributed by atoms with van der Waals surface area (Å²) in [5.41, 5.74) is 3.40. The molecule has 0 aliphatic carbocycles. The second kappa shape index (κ2) is 8.09. The smallest absolute Gasteiger partial charge is 0.236 e. The van der Waals surface area contributed by atoms with Crippen LogP contribution in [-0.4, -0.2) is 38.8 Å². The van der Waals surface area contributed by atoms with Crippen molar-refractivity contribution in [3.63, 3.8) is 0 Å². The van der Waals surface area contributed by atoms with Gasteiger partial charge in [0, 0.05) is 6.54 Å². The molecule has 1 amide bonds. The van der Waals surface area contributed by atoms with Gasteiger partial charge in [-0.05, 0) is 38.5 Å². The summed E-state index contributed by atoms with van der Waals surface area (Å²) in [6.07, 6.45) is 8.27. The van der Waals surface area contributed by atoms with Crippen LogP contribution < -0.4 is 0 Å². The first-order chi connectivity index (χ1) is 12.1. The molecule has 0 bridgehead atoms. The molecule has 0 spiro atoms. The van der Waals surface area contributed by atoms with E-state index in [1.807, 2.05) is 24.3 Å². The normalized spacial score (nSPS) is 19.5. The second-order valence-corrected chi connectivity index (χ2v) is 8.00. The number of aromatic amines is 1. The second-order valence-electron chi connectivity index (χ2n) is 6.82. The zero-order valence-electron chi connectivity index (χ0n) is 15.3. The topological polar surface area (TPSA) is 49.0 Å². The van der Waals surface area contributed by atoms with Crippen molar-refractivity contribution in [2.24, 2.45) is 0 Å². The molecule has 1 N–H and O–H groups in total. The van der Waals surface area contributed by atoms with Gasteiger partial charge in [-0.3, -0.25) is 4.79 Å². The first-order valence-electron chi connectivity index (χ1n) is 9.05. The molecule has 134 valence electrons. The van der Waals surface area contributed by atoms with Crippen molar-refractivity contribution in [1.29, 1.82) is 0 Å². The van der Waals surface area contributed by atoms with Crippen molar-refractivity contribution in [2.45, 2.75) is 50.8 Å². The zero-order chi connectivity index (χ0) is 17.8. The fraction of sp³-hybridized carbons (Fsp3) is 0.500. The Hall–Kier alpha value is -1.75. The molecule has 1 saturated heterocycles. The molecule has 4 nitrogen and oxygen atoms in total. The number of carbonyl (C=O) groups excluding carboxylic acids is 1. The molecule has 25 heavy (non-hydrogen) atoms. The Bertz CT molecular complexity index is 710. The van der Waals surface area contributed by atoms with E-state index < -0.39 is 0 Å². The third-order valence-corrected chi connectivity index (χ3v) is 5.92. The fourth-order valence-electron chi connectivity index (χ4n) is 3.38. The molecular formula is C20H27N3OS. The van der Waals surface area contributed by atoms with E-state index in [0.717, 1.165) is 42.9 Å². The van der Waals surface area contributed by atoms with E-state index in [2.05, 4.69) is 41.2 Å². The van der Waals surface area contributed by atoms with Gasteiger partial charge in [-0.25, -0.2) is 4.98 Å². The number of rotatable bonds is 4. The van der Waals surface area contributed by atoms with Crippen LogP contribution in [0.2, 0.25) is 0 Å². The number of nitrogens with one attached hydrogen (secondary N) is 1. The van der Waals surface area contributed by atoms with Crippen molar-refractivity contribution in [2.75, 3.05) is 12.8 Å². The minimum absolute atomic E-state index is 0.00729. The first kappa shape index (κ1) is 18.1. The highest BCUT2D eigenvalue weighted by Gasteiger charge is 2.31. The van der Waals surface area contributed by atoms with Crippen LogP contribution in [0.25, 0.3) is 11.3 Å². The SMILES string of the molecule is CSC(C)C(=O)N1CCCCCC1c1ncc(-c2ccc(C)cc2)[nH]1. The van der Waals surface area contributed by atoms with Crippen LogP contribution in [0, 0.1) is 6.92 Å². The summed E-state index contributed by atoms with van der Waals surface area (Å²) in [7, 11) is 0. The van der Waals surface area contributed by atoms with E-state index >= 15 is 0 Å². The highest BCUT2D eigenvalue weighted by molar-refractivity contribution is 7.99. The van der Waals surface area contributed by atoms with Crippen molar-refractivity contribution in [3.8, 4) is 11.3 Å². The van der Waals surface area contributed by atoms with Gasteiger partial charge in [-0.15, -0.1) is 0 Å². The number of hydrogen-bond donors (Lipinski definition) is 1. The van der Waals surface area contributed by atoms with E-state index in [1.54, 1.807) is 11.8 Å². The van der Waals surface area contributed by atoms with Gasteiger partial charge < -0.3 is 9.88 Å². The summed E-state index contributed by atoms with van der Waals surface area (Å²) in [6, 6.07) is 8.50. The Labute approximate surface area is 154 Å². The molecule has 2 aromatic rings. The Morgan fingerprint density at radius 2 is 2.04 bits per heavy atom. The van der Waals surface area contributed by atoms with E-state index in [-0.39, 0.29) is 17.2 Å². The van der Waals surface area contributed by atoms with Crippen LogP contribution in [-0.2, 0) is 4.79 Å². The highest BCUT2D eigenvalue weighted by Crippen LogP contribution is 2.31. The van der Waals surface area contributed by atoms with Gasteiger partial charge in [0.25, 0.3) is 0 Å². The number of nitrogens with zero attached hydrogens (tertiary/aromatic N) is 2. The van der Waals surface area contributed by atoms with Gasteiger partial charge in [-0.2, -0.15) is 11.8 Å². The average molecular weight is 358 g/mol. The van der Waals surface area contributed by atoms with E-state index in [4.69, 9.17) is 0 Å². The maximum Gasteiger partial charge on any atom is 0.236 e. The lowest BCUT2D eigenvalue weighted by molar-refractivity contribution is -0.132. The zero-order valence-corrected chi connectivity index (χ0v) is 16.1. The lowest BCUT2D eigenvalue weighted by Gasteiger charge is -2.30. The van der Waals surface area contributed by atoms with Crippen LogP contribution in [0.5, 0.6) is 0 Å². The molecule has 0 radical (unpaired) electrons. The highest BCUT2D eigenvalue weighted by atomic mass is 32.2. The van der Waals surface area contributed by atoms with E-state index in [0.29, 0.717) is 0 Å². The molecule has 2 atom stereocenters. The number of thioether (sulfide) groups is 1. The minimum atomic E-state index is -0.00729. The van der Waals surface area contributed by atoms with Crippen LogP contribution >= 0.6 is 11.8 Å². The third-order valence-electron chi connectivity index (χ3n) is 5.01. The fourth-order valence-corrected chi connectivity index (χ4v) is 3.71. The van der Waals surface area contributed by atoms with Gasteiger partial charge in [0.15, 0.2) is 0 Å². The Kier molecular flexibility index (Phi) is 5.84. The van der Waals surface area contributed by atoms with Gasteiger partial charge >= 0.3 is 0 Å². The predicted octanol–water partition coefficient (Wildman–Crippen LogP) is 4.58. The lowest BCUT2D eigenvalue weighted by atomic mass is 10.1. The Morgan fingerprint density at radius 3 is 2.76 bits per heavy atom. The maximum absolute atomic E-state index is 12.8. The van der Waals surface area contributed by atoms with Crippen LogP contribution in [0.1, 0.15) is 50.0 Å². The minimum Gasteiger partial charge on any atom is -0.340 e. The molecule has 1 aliphatic heterocycles. The van der Waals surface area contributed by atoms with E-state index in [9.17, 15) is 4.79 Å². The number of carbonyl (C=O) groups is 1. The molecule has 3 rings (SSSR count). The number of likely N-dealkylation sites (tertiary alicyclic amines) is 1. The average Bonchev–Trinajstić information content (AvgIpc) is 2.99. The number of hydrogen-bond acceptors (Lipinski definition) is 3. The number of imidazole rings is 1. The van der Waals surface area contributed by atoms with Gasteiger partial charge in [0.2, 0.25) is 5.91 Å². The molecule has 1 aromatic carbocycles. The Morgan fingerprint density at radius 1 is 1.28 bits per heavy atom. The summed E-state index contributed by atoms with van der Waals surface area (Å²) in [6.45, 7) is 4.91. The number of H-pyrrole nitrogens is 1. The molecule has 0 saturated carbocycles. The number of benzene rings is 1. The summed E-state index contributed by atoms with van der Waals surface area (Å²) >= 11 is 1.61. The van der Waals surface area contributed by atoms with Crippen LogP contribution in [0.3, 0.4) is 0 Å². The standard InChI is InChI=1S/C20H27N3OS/c1-14-8-10-16(11-9-14)17-13-21-19(22-17)18-7-5-4-6-12-23(18)20(24)15(2)25-3/h8-11,13,15,18H,4-7,12H2,1-3H3,(H,21,22). The van der Waals surface area contributed by atoms with Gasteiger partial charge in [0.1, 0.15) is 5.82 Å². The maximum atomic E-state index is 12.8. The molecule has 2 unspecified atom stereocenters. The quantitative estimate of drug-likeness (QED) is 0.871. The van der Waals surface area contributed by atoms with Crippen LogP contribution in [0.4, 0.5) is 0 Å². The van der Waals surface area contributed by atoms with Gasteiger partial charge in [-0.1, -0.05) is 42.7 Å². The molecule has 2 heterocycles. The van der Waals surface area contributed by atoms with Crippen molar-refractivity contribution in [3.05, 3.63) is 41.9 Å². The molecule has 1 fully saturated rings. The third kappa shape index (κ3) is 4.09. The summed E-state index contributed by atoms with van der Waals surface area (Å²) in [5.74, 6) is 1.15. The van der Waals surface area contributed by atoms with Crippen molar-refractivity contribution >= 4 is 17.7 Å². The summed E-state index contributed by atoms with van der Waals surface area (Å²) in [5, 5.41) is -0.00729. The van der Waals surface area contributed by atoms with Crippen molar-refractivity contribution in [1.82, 2.24) is 14.9 Å². The van der Waals surface area contributed by atoms with Crippen molar-refractivity contribution < 1.29 is 4.79 Å². The molecular weight excluding hydrogens is 330 g/mol. The molecule has 5 heteroatoms. The predicted molar refractivity (Wildman–Crippen MR) is 105 cm³/mol. The van der Waals surface area contributed by atoms with E-state index in [1.165, 1.54) is 12.0 Å². The monoisotopic (exact) mass is 357 g/mol. The Balaban J connectivity index is 1.87. The molecule has 1 aromatic heterocycles.